The first-order valence-electron chi connectivity index (χ1n) is 41.1. The fourth-order valence-electron chi connectivity index (χ4n) is 10.9. The van der Waals surface area contributed by atoms with Crippen LogP contribution in [0.25, 0.3) is 0 Å². The van der Waals surface area contributed by atoms with E-state index in [1.165, 1.54) is 135 Å². The smallest absolute Gasteiger partial charge is 0.306 e. The van der Waals surface area contributed by atoms with Gasteiger partial charge in [-0.15, -0.1) is 0 Å². The number of nitrogens with zero attached hydrogens (tertiary/aromatic N) is 1. The number of carbonyl (C=O) groups excluding carboxylic acids is 2. The summed E-state index contributed by atoms with van der Waals surface area (Å²) in [6.07, 6.45) is 124. The predicted molar refractivity (Wildman–Crippen MR) is 442 cm³/mol. The van der Waals surface area contributed by atoms with E-state index in [1.54, 1.807) is 0 Å². The summed E-state index contributed by atoms with van der Waals surface area (Å²) in [7, 11) is 1.15. The summed E-state index contributed by atoms with van der Waals surface area (Å²) >= 11 is 0. The standard InChI is InChI=1S/C92H152NO8P/c1-6-8-10-12-14-16-18-20-22-24-26-28-30-32-34-36-38-40-42-44-45-46-47-49-51-53-55-57-59-61-63-65-67-69-71-73-75-77-79-81-83-85-92(95)101-90(89-100-102(96,97)99-87-86-93(3,4)5)88-98-91(94)84-82-80-78-76-74-72-70-68-66-64-62-60-58-56-54-52-50-48-43-41-39-37-35-33-31-29-27-25-23-21-19-17-15-13-11-9-7-2/h8-11,14-17,20-23,26-29,32-35,38,40,44-45,47,49,53,55,59,61,65,67,90H,6-7,12-13,18-19,24-25,30-31,36-37,39,41-43,46,48,50-52,54,56-58,60,62-64,66,68-89H2,1-5H3/b10-8-,11-9-,16-14-,17-15-,22-20-,23-21-,28-26-,29-27-,34-32-,35-33-,40-38-,45-44-,49-47-,55-53-,61-59-,67-65-. The second kappa shape index (κ2) is 80.0. The number of hydrogen-bond acceptors (Lipinski definition) is 8. The summed E-state index contributed by atoms with van der Waals surface area (Å²) in [6, 6.07) is 0. The monoisotopic (exact) mass is 1430 g/mol. The van der Waals surface area contributed by atoms with Gasteiger partial charge in [0.15, 0.2) is 6.10 Å². The molecule has 578 valence electrons. The van der Waals surface area contributed by atoms with Gasteiger partial charge in [0, 0.05) is 12.8 Å². The van der Waals surface area contributed by atoms with Crippen LogP contribution in [0, 0.1) is 0 Å². The second-order valence-electron chi connectivity index (χ2n) is 28.0. The van der Waals surface area contributed by atoms with Gasteiger partial charge in [-0.05, 0) is 141 Å². The molecule has 0 bridgehead atoms. The van der Waals surface area contributed by atoms with Crippen molar-refractivity contribution in [3.05, 3.63) is 194 Å². The van der Waals surface area contributed by atoms with E-state index in [-0.39, 0.29) is 32.0 Å². The largest absolute Gasteiger partial charge is 0.756 e. The van der Waals surface area contributed by atoms with Crippen molar-refractivity contribution in [3.8, 4) is 0 Å². The van der Waals surface area contributed by atoms with Crippen LogP contribution in [0.5, 0.6) is 0 Å². The van der Waals surface area contributed by atoms with E-state index in [1.807, 2.05) is 21.1 Å². The molecule has 0 saturated carbocycles. The molecule has 0 aliphatic rings. The van der Waals surface area contributed by atoms with E-state index in [2.05, 4.69) is 208 Å². The lowest BCUT2D eigenvalue weighted by Gasteiger charge is -2.28. The number of quaternary nitrogens is 1. The topological polar surface area (TPSA) is 111 Å². The Labute approximate surface area is 628 Å². The van der Waals surface area contributed by atoms with Crippen molar-refractivity contribution in [1.29, 1.82) is 0 Å². The third kappa shape index (κ3) is 83.8. The minimum absolute atomic E-state index is 0.0407. The van der Waals surface area contributed by atoms with Crippen LogP contribution in [0.2, 0.25) is 0 Å². The number of hydrogen-bond donors (Lipinski definition) is 0. The maximum atomic E-state index is 12.9. The number of carbonyl (C=O) groups is 2. The molecule has 10 heteroatoms. The average molecular weight is 1430 g/mol. The molecule has 0 radical (unpaired) electrons. The molecule has 0 aliphatic heterocycles. The number of rotatable bonds is 74. The molecule has 0 N–H and O–H groups in total. The van der Waals surface area contributed by atoms with E-state index < -0.39 is 26.5 Å². The van der Waals surface area contributed by atoms with Gasteiger partial charge in [-0.1, -0.05) is 362 Å². The van der Waals surface area contributed by atoms with E-state index in [0.717, 1.165) is 154 Å². The van der Waals surface area contributed by atoms with E-state index in [9.17, 15) is 19.0 Å². The molecular weight excluding hydrogens is 1280 g/mol. The Morgan fingerprint density at radius 1 is 0.304 bits per heavy atom. The van der Waals surface area contributed by atoms with E-state index >= 15 is 0 Å². The van der Waals surface area contributed by atoms with Gasteiger partial charge in [0.25, 0.3) is 7.82 Å². The highest BCUT2D eigenvalue weighted by Crippen LogP contribution is 2.38. The first-order chi connectivity index (χ1) is 50.0. The molecule has 0 amide bonds. The molecule has 0 aromatic rings. The molecule has 102 heavy (non-hydrogen) atoms. The molecule has 0 spiro atoms. The number of likely N-dealkylation sites (N-methyl/N-ethyl adjacent to an activating group) is 1. The van der Waals surface area contributed by atoms with Crippen LogP contribution >= 0.6 is 7.82 Å². The maximum Gasteiger partial charge on any atom is 0.306 e. The minimum Gasteiger partial charge on any atom is -0.756 e. The lowest BCUT2D eigenvalue weighted by molar-refractivity contribution is -0.870. The highest BCUT2D eigenvalue weighted by atomic mass is 31.2. The van der Waals surface area contributed by atoms with Crippen molar-refractivity contribution in [1.82, 2.24) is 0 Å². The van der Waals surface area contributed by atoms with Gasteiger partial charge >= 0.3 is 11.9 Å². The van der Waals surface area contributed by atoms with Crippen molar-refractivity contribution < 1.29 is 42.1 Å². The molecule has 0 rings (SSSR count). The number of unbranched alkanes of at least 4 members (excludes halogenated alkanes) is 28. The second-order valence-corrected chi connectivity index (χ2v) is 29.4. The molecule has 0 aliphatic carbocycles. The Morgan fingerprint density at radius 3 is 0.784 bits per heavy atom. The molecule has 0 fully saturated rings. The van der Waals surface area contributed by atoms with Gasteiger partial charge in [0.1, 0.15) is 19.8 Å². The Kier molecular flexibility index (Phi) is 75.9. The lowest BCUT2D eigenvalue weighted by Crippen LogP contribution is -2.37. The number of allylic oxidation sites excluding steroid dienone is 32. The fraction of sp³-hybridized carbons (Fsp3) is 0.630. The van der Waals surface area contributed by atoms with Crippen LogP contribution in [0.1, 0.15) is 322 Å². The van der Waals surface area contributed by atoms with Crippen molar-refractivity contribution in [2.24, 2.45) is 0 Å². The van der Waals surface area contributed by atoms with Gasteiger partial charge in [0.05, 0.1) is 27.7 Å². The fourth-order valence-corrected chi connectivity index (χ4v) is 11.7. The summed E-state index contributed by atoms with van der Waals surface area (Å²) in [5, 5.41) is 0. The quantitative estimate of drug-likeness (QED) is 0.0195. The van der Waals surface area contributed by atoms with Crippen LogP contribution in [0.3, 0.4) is 0 Å². The van der Waals surface area contributed by atoms with Crippen molar-refractivity contribution in [2.75, 3.05) is 47.5 Å². The molecule has 0 heterocycles. The normalized spacial score (nSPS) is 14.1. The SMILES string of the molecule is CC/C=C\C/C=C\C/C=C\C/C=C\C/C=C\C/C=C\C/C=C\C/C=C\C/C=C\C/C=C\C/C=C\CCCCCCCCCC(=O)OC(COC(=O)CCCCCCCCCCCCCCCCCCCCCCC/C=C\C/C=C\C/C=C\C/C=C\C/C=C\CC)COP(=O)([O-])OCC[N+](C)(C)C. The molecule has 2 unspecified atom stereocenters. The van der Waals surface area contributed by atoms with Crippen LogP contribution in [0.4, 0.5) is 0 Å². The average Bonchev–Trinajstić information content (AvgIpc) is 0.916. The Morgan fingerprint density at radius 2 is 0.529 bits per heavy atom. The Hall–Kier alpha value is -5.15. The molecule has 2 atom stereocenters. The van der Waals surface area contributed by atoms with Crippen LogP contribution in [-0.4, -0.2) is 70.0 Å². The van der Waals surface area contributed by atoms with Gasteiger partial charge < -0.3 is 27.9 Å². The summed E-state index contributed by atoms with van der Waals surface area (Å²) < 4.78 is 34.4. The zero-order valence-corrected chi connectivity index (χ0v) is 66.9. The third-order valence-corrected chi connectivity index (χ3v) is 18.1. The number of phosphoric acid groups is 1. The third-order valence-electron chi connectivity index (χ3n) is 17.1. The lowest BCUT2D eigenvalue weighted by atomic mass is 10.0. The zero-order valence-electron chi connectivity index (χ0n) is 66.0. The molecule has 0 aromatic heterocycles. The highest BCUT2D eigenvalue weighted by Gasteiger charge is 2.22. The minimum atomic E-state index is -4.66. The summed E-state index contributed by atoms with van der Waals surface area (Å²) in [6.45, 7) is 4.01. The van der Waals surface area contributed by atoms with Crippen LogP contribution in [0.15, 0.2) is 194 Å². The molecule has 9 nitrogen and oxygen atoms in total. The van der Waals surface area contributed by atoms with Crippen molar-refractivity contribution in [2.45, 2.75) is 328 Å². The predicted octanol–water partition coefficient (Wildman–Crippen LogP) is 27.3. The number of esters is 2. The van der Waals surface area contributed by atoms with E-state index in [4.69, 9.17) is 18.5 Å². The summed E-state index contributed by atoms with van der Waals surface area (Å²) in [4.78, 5) is 38.2. The maximum absolute atomic E-state index is 12.9. The van der Waals surface area contributed by atoms with Gasteiger partial charge in [-0.2, -0.15) is 0 Å². The Bertz CT molecular complexity index is 2440. The summed E-state index contributed by atoms with van der Waals surface area (Å²) in [5.74, 6) is -0.847. The molecular formula is C92H152NO8P. The first-order valence-corrected chi connectivity index (χ1v) is 42.6. The molecule has 0 aromatic carbocycles. The van der Waals surface area contributed by atoms with Crippen molar-refractivity contribution >= 4 is 19.8 Å². The first kappa shape index (κ1) is 96.8. The van der Waals surface area contributed by atoms with Gasteiger partial charge in [-0.25, -0.2) is 0 Å². The van der Waals surface area contributed by atoms with E-state index in [0.29, 0.717) is 17.4 Å². The van der Waals surface area contributed by atoms with Gasteiger partial charge in [0.2, 0.25) is 0 Å². The highest BCUT2D eigenvalue weighted by molar-refractivity contribution is 7.45. The van der Waals surface area contributed by atoms with Gasteiger partial charge in [-0.3, -0.25) is 14.2 Å². The molecule has 0 saturated heterocycles. The summed E-state index contributed by atoms with van der Waals surface area (Å²) in [5.41, 5.74) is 0. The zero-order chi connectivity index (χ0) is 74.0. The number of phosphoric ester groups is 1. The van der Waals surface area contributed by atoms with Crippen LogP contribution in [-0.2, 0) is 32.7 Å². The number of ether oxygens (including phenoxy) is 2. The van der Waals surface area contributed by atoms with Crippen LogP contribution < -0.4 is 4.89 Å². The van der Waals surface area contributed by atoms with Crippen molar-refractivity contribution in [3.63, 3.8) is 0 Å². The Balaban J connectivity index is 4.04.